The zero-order valence-electron chi connectivity index (χ0n) is 9.81. The average Bonchev–Trinajstić information content (AvgIpc) is 2.72. The Morgan fingerprint density at radius 3 is 3.12 bits per heavy atom. The number of aromatic nitrogens is 2. The van der Waals surface area contributed by atoms with Gasteiger partial charge in [0.05, 0.1) is 0 Å². The van der Waals surface area contributed by atoms with E-state index in [2.05, 4.69) is 27.2 Å². The molecule has 1 atom stereocenters. The highest BCUT2D eigenvalue weighted by atomic mass is 32.2. The zero-order valence-corrected chi connectivity index (χ0v) is 10.6. The van der Waals surface area contributed by atoms with Crippen molar-refractivity contribution in [3.05, 3.63) is 12.4 Å². The van der Waals surface area contributed by atoms with Gasteiger partial charge in [0.1, 0.15) is 17.2 Å². The van der Waals surface area contributed by atoms with Crippen LogP contribution in [0.3, 0.4) is 0 Å². The van der Waals surface area contributed by atoms with E-state index in [9.17, 15) is 0 Å². The van der Waals surface area contributed by atoms with Crippen molar-refractivity contribution in [3.63, 3.8) is 0 Å². The predicted molar refractivity (Wildman–Crippen MR) is 68.0 cm³/mol. The highest BCUT2D eigenvalue weighted by Gasteiger charge is 2.20. The summed E-state index contributed by atoms with van der Waals surface area (Å²) in [6.45, 7) is 2.19. The van der Waals surface area contributed by atoms with Gasteiger partial charge in [0, 0.05) is 18.7 Å². The van der Waals surface area contributed by atoms with E-state index < -0.39 is 0 Å². The lowest BCUT2D eigenvalue weighted by Gasteiger charge is -2.19. The Bertz CT molecular complexity index is 345. The molecule has 0 aliphatic carbocycles. The fourth-order valence-electron chi connectivity index (χ4n) is 2.01. The van der Waals surface area contributed by atoms with Crippen LogP contribution in [0.25, 0.3) is 0 Å². The van der Waals surface area contributed by atoms with E-state index in [0.29, 0.717) is 6.04 Å². The Morgan fingerprint density at radius 1 is 1.56 bits per heavy atom. The smallest absolute Gasteiger partial charge is 0.130 e. The van der Waals surface area contributed by atoms with Crippen LogP contribution in [0.4, 0.5) is 5.82 Å². The normalized spacial score (nSPS) is 21.2. The van der Waals surface area contributed by atoms with Crippen LogP contribution < -0.4 is 5.32 Å². The molecule has 16 heavy (non-hydrogen) atoms. The van der Waals surface area contributed by atoms with Gasteiger partial charge in [-0.15, -0.1) is 11.8 Å². The first-order chi connectivity index (χ1) is 7.79. The predicted octanol–water partition coefficient (Wildman–Crippen LogP) is 1.70. The maximum atomic E-state index is 4.22. The number of hydrogen-bond acceptors (Lipinski definition) is 5. The number of likely N-dealkylation sites (tertiary alicyclic amines) is 1. The molecule has 5 heteroatoms. The third kappa shape index (κ3) is 2.86. The summed E-state index contributed by atoms with van der Waals surface area (Å²) in [6, 6.07) is 2.65. The number of thioether (sulfide) groups is 1. The van der Waals surface area contributed by atoms with Gasteiger partial charge in [0.15, 0.2) is 0 Å². The first kappa shape index (κ1) is 11.7. The van der Waals surface area contributed by atoms with E-state index in [1.807, 2.05) is 12.3 Å². The van der Waals surface area contributed by atoms with Gasteiger partial charge in [-0.2, -0.15) is 0 Å². The third-order valence-electron chi connectivity index (χ3n) is 3.04. The first-order valence-electron chi connectivity index (χ1n) is 5.60. The Kier molecular flexibility index (Phi) is 4.01. The van der Waals surface area contributed by atoms with Gasteiger partial charge >= 0.3 is 0 Å². The molecule has 0 amide bonds. The van der Waals surface area contributed by atoms with Crippen LogP contribution in [0.5, 0.6) is 0 Å². The van der Waals surface area contributed by atoms with Crippen LogP contribution in [0.2, 0.25) is 0 Å². The number of rotatable bonds is 4. The minimum absolute atomic E-state index is 0.646. The molecule has 2 rings (SSSR count). The van der Waals surface area contributed by atoms with E-state index in [1.165, 1.54) is 19.4 Å². The average molecular weight is 238 g/mol. The second-order valence-electron chi connectivity index (χ2n) is 4.10. The van der Waals surface area contributed by atoms with Crippen LogP contribution in [0.1, 0.15) is 12.8 Å². The summed E-state index contributed by atoms with van der Waals surface area (Å²) in [5, 5.41) is 4.40. The third-order valence-corrected chi connectivity index (χ3v) is 3.68. The van der Waals surface area contributed by atoms with Crippen molar-refractivity contribution < 1.29 is 0 Å². The van der Waals surface area contributed by atoms with Gasteiger partial charge in [-0.3, -0.25) is 0 Å². The van der Waals surface area contributed by atoms with Crippen molar-refractivity contribution in [3.8, 4) is 0 Å². The van der Waals surface area contributed by atoms with Crippen LogP contribution >= 0.6 is 11.8 Å². The van der Waals surface area contributed by atoms with Gasteiger partial charge < -0.3 is 10.2 Å². The van der Waals surface area contributed by atoms with E-state index in [4.69, 9.17) is 0 Å². The molecule has 0 spiro atoms. The van der Waals surface area contributed by atoms with E-state index >= 15 is 0 Å². The molecule has 1 unspecified atom stereocenters. The number of anilines is 1. The van der Waals surface area contributed by atoms with Crippen molar-refractivity contribution in [2.24, 2.45) is 0 Å². The molecule has 1 aromatic rings. The second-order valence-corrected chi connectivity index (χ2v) is 4.93. The lowest BCUT2D eigenvalue weighted by atomic mass is 10.2. The Labute approximate surface area is 101 Å². The van der Waals surface area contributed by atoms with Gasteiger partial charge in [-0.05, 0) is 32.7 Å². The number of nitrogens with one attached hydrogen (secondary N) is 1. The van der Waals surface area contributed by atoms with Gasteiger partial charge in [-0.25, -0.2) is 9.97 Å². The fraction of sp³-hybridized carbons (Fsp3) is 0.636. The van der Waals surface area contributed by atoms with E-state index in [0.717, 1.165) is 17.4 Å². The van der Waals surface area contributed by atoms with Crippen molar-refractivity contribution in [1.82, 2.24) is 14.9 Å². The zero-order chi connectivity index (χ0) is 11.4. The number of nitrogens with zero attached hydrogens (tertiary/aromatic N) is 3. The minimum Gasteiger partial charge on any atom is -0.368 e. The molecule has 1 aliphatic rings. The van der Waals surface area contributed by atoms with Crippen LogP contribution in [-0.4, -0.2) is 47.3 Å². The summed E-state index contributed by atoms with van der Waals surface area (Å²) in [6.07, 6.45) is 6.23. The van der Waals surface area contributed by atoms with Gasteiger partial charge in [0.25, 0.3) is 0 Å². The van der Waals surface area contributed by atoms with Crippen molar-refractivity contribution in [1.29, 1.82) is 0 Å². The van der Waals surface area contributed by atoms with Crippen LogP contribution in [0, 0.1) is 0 Å². The maximum Gasteiger partial charge on any atom is 0.130 e. The lowest BCUT2D eigenvalue weighted by Crippen LogP contribution is -2.31. The minimum atomic E-state index is 0.646. The molecule has 1 N–H and O–H groups in total. The Hall–Kier alpha value is -0.810. The van der Waals surface area contributed by atoms with Gasteiger partial charge in [-0.1, -0.05) is 0 Å². The van der Waals surface area contributed by atoms with Crippen molar-refractivity contribution in [2.45, 2.75) is 23.9 Å². The first-order valence-corrected chi connectivity index (χ1v) is 6.82. The summed E-state index contributed by atoms with van der Waals surface area (Å²) in [7, 11) is 2.19. The molecule has 1 saturated heterocycles. The summed E-state index contributed by atoms with van der Waals surface area (Å²) in [5.74, 6) is 0.930. The second kappa shape index (κ2) is 5.50. The molecule has 0 aromatic carbocycles. The van der Waals surface area contributed by atoms with Crippen LogP contribution in [-0.2, 0) is 0 Å². The van der Waals surface area contributed by atoms with Crippen molar-refractivity contribution >= 4 is 17.6 Å². The van der Waals surface area contributed by atoms with E-state index in [1.54, 1.807) is 18.1 Å². The number of hydrogen-bond donors (Lipinski definition) is 1. The monoisotopic (exact) mass is 238 g/mol. The molecule has 88 valence electrons. The molecule has 0 bridgehead atoms. The molecular weight excluding hydrogens is 220 g/mol. The Balaban J connectivity index is 1.88. The quantitative estimate of drug-likeness (QED) is 0.639. The van der Waals surface area contributed by atoms with Gasteiger partial charge in [0.2, 0.25) is 0 Å². The highest BCUT2D eigenvalue weighted by Crippen LogP contribution is 2.17. The summed E-state index contributed by atoms with van der Waals surface area (Å²) in [5.41, 5.74) is 0. The van der Waals surface area contributed by atoms with Crippen molar-refractivity contribution in [2.75, 3.05) is 31.7 Å². The molecule has 0 saturated carbocycles. The molecule has 1 aliphatic heterocycles. The summed E-state index contributed by atoms with van der Waals surface area (Å²) in [4.78, 5) is 10.8. The Morgan fingerprint density at radius 2 is 2.44 bits per heavy atom. The van der Waals surface area contributed by atoms with Crippen LogP contribution in [0.15, 0.2) is 17.4 Å². The lowest BCUT2D eigenvalue weighted by molar-refractivity contribution is 0.322. The molecule has 1 fully saturated rings. The fourth-order valence-corrected chi connectivity index (χ4v) is 2.39. The number of likely N-dealkylation sites (N-methyl/N-ethyl adjacent to an activating group) is 1. The largest absolute Gasteiger partial charge is 0.368 e. The van der Waals surface area contributed by atoms with E-state index in [-0.39, 0.29) is 0 Å². The molecular formula is C11H18N4S. The molecule has 0 radical (unpaired) electrons. The SMILES string of the molecule is CSc1cc(NCC2CCCN2C)ncn1. The summed E-state index contributed by atoms with van der Waals surface area (Å²) >= 11 is 1.64. The molecule has 1 aromatic heterocycles. The maximum absolute atomic E-state index is 4.22. The molecule has 2 heterocycles. The molecule has 4 nitrogen and oxygen atoms in total. The standard InChI is InChI=1S/C11H18N4S/c1-15-5-3-4-9(15)7-12-10-6-11(16-2)14-8-13-10/h6,8-9H,3-5,7H2,1-2H3,(H,12,13,14). The summed E-state index contributed by atoms with van der Waals surface area (Å²) < 4.78 is 0. The topological polar surface area (TPSA) is 41.0 Å². The highest BCUT2D eigenvalue weighted by molar-refractivity contribution is 7.98.